The summed E-state index contributed by atoms with van der Waals surface area (Å²) in [6, 6.07) is 14.8. The van der Waals surface area contributed by atoms with Gasteiger partial charge in [0.2, 0.25) is 5.78 Å². The van der Waals surface area contributed by atoms with Crippen molar-refractivity contribution in [2.45, 2.75) is 26.7 Å². The van der Waals surface area contributed by atoms with E-state index < -0.39 is 0 Å². The van der Waals surface area contributed by atoms with E-state index in [9.17, 15) is 4.79 Å². The number of halogens is 2. The van der Waals surface area contributed by atoms with Crippen molar-refractivity contribution in [3.05, 3.63) is 81.5 Å². The highest BCUT2D eigenvalue weighted by Crippen LogP contribution is 2.20. The van der Waals surface area contributed by atoms with E-state index >= 15 is 0 Å². The van der Waals surface area contributed by atoms with Crippen LogP contribution < -0.4 is 0 Å². The summed E-state index contributed by atoms with van der Waals surface area (Å²) in [7, 11) is 0. The molecule has 0 unspecified atom stereocenters. The molecule has 124 valence electrons. The maximum absolute atomic E-state index is 12.6. The first-order valence-corrected chi connectivity index (χ1v) is 8.51. The highest BCUT2D eigenvalue weighted by atomic mass is 35.5. The van der Waals surface area contributed by atoms with Gasteiger partial charge in [0.15, 0.2) is 0 Å². The molecular formula is C20H19Cl2NO. The number of ketones is 1. The van der Waals surface area contributed by atoms with Crippen molar-refractivity contribution in [2.75, 3.05) is 0 Å². The van der Waals surface area contributed by atoms with Crippen LogP contribution in [-0.4, -0.2) is 11.5 Å². The zero-order chi connectivity index (χ0) is 17.5. The Kier molecular flexibility index (Phi) is 6.77. The van der Waals surface area contributed by atoms with Crippen molar-refractivity contribution in [1.29, 1.82) is 0 Å². The van der Waals surface area contributed by atoms with Gasteiger partial charge in [-0.05, 0) is 56.5 Å². The molecule has 0 heterocycles. The second kappa shape index (κ2) is 8.81. The average Bonchev–Trinajstić information content (AvgIpc) is 2.58. The Morgan fingerprint density at radius 3 is 2.54 bits per heavy atom. The van der Waals surface area contributed by atoms with Crippen molar-refractivity contribution in [3.8, 4) is 0 Å². The molecule has 0 aromatic heterocycles. The Labute approximate surface area is 152 Å². The molecule has 2 aromatic carbocycles. The summed E-state index contributed by atoms with van der Waals surface area (Å²) in [6.07, 6.45) is 3.30. The maximum Gasteiger partial charge on any atom is 0.212 e. The third kappa shape index (κ3) is 5.05. The predicted molar refractivity (Wildman–Crippen MR) is 102 cm³/mol. The van der Waals surface area contributed by atoms with Gasteiger partial charge in [0, 0.05) is 16.3 Å². The van der Waals surface area contributed by atoms with Crippen LogP contribution in [0, 0.1) is 0 Å². The molecule has 0 amide bonds. The minimum Gasteiger partial charge on any atom is -0.287 e. The molecule has 0 aliphatic heterocycles. The molecule has 24 heavy (non-hydrogen) atoms. The molecule has 0 bridgehead atoms. The number of nitrogens with zero attached hydrogens (tertiary/aromatic N) is 1. The summed E-state index contributed by atoms with van der Waals surface area (Å²) >= 11 is 12.1. The summed E-state index contributed by atoms with van der Waals surface area (Å²) < 4.78 is 0. The first-order valence-electron chi connectivity index (χ1n) is 7.75. The monoisotopic (exact) mass is 359 g/mol. The number of aliphatic imine (C=N–C) groups is 1. The number of carbonyl (C=O) groups is 1. The predicted octanol–water partition coefficient (Wildman–Crippen LogP) is 6.17. The lowest BCUT2D eigenvalue weighted by Gasteiger charge is -2.06. The zero-order valence-electron chi connectivity index (χ0n) is 13.7. The van der Waals surface area contributed by atoms with Gasteiger partial charge < -0.3 is 0 Å². The van der Waals surface area contributed by atoms with Gasteiger partial charge in [-0.25, -0.2) is 0 Å². The van der Waals surface area contributed by atoms with Crippen LogP contribution in [0.1, 0.15) is 36.2 Å². The second-order valence-corrected chi connectivity index (χ2v) is 6.30. The van der Waals surface area contributed by atoms with Gasteiger partial charge in [0.25, 0.3) is 0 Å². The second-order valence-electron chi connectivity index (χ2n) is 5.46. The Balaban J connectivity index is 2.09. The van der Waals surface area contributed by atoms with Crippen molar-refractivity contribution in [1.82, 2.24) is 0 Å². The Bertz CT molecular complexity index is 794. The number of allylic oxidation sites excluding steroid dienone is 2. The van der Waals surface area contributed by atoms with E-state index in [1.807, 2.05) is 31.2 Å². The lowest BCUT2D eigenvalue weighted by atomic mass is 10.1. The third-order valence-corrected chi connectivity index (χ3v) is 4.17. The minimum atomic E-state index is -0.162. The number of aryl methyl sites for hydroxylation is 1. The number of Topliss-reactive ketones (excluding diaryl/α,β-unsaturated/α-hetero) is 1. The van der Waals surface area contributed by atoms with Crippen molar-refractivity contribution >= 4 is 34.7 Å². The number of hydrogen-bond acceptors (Lipinski definition) is 2. The summed E-state index contributed by atoms with van der Waals surface area (Å²) in [5.41, 5.74) is 2.92. The number of rotatable bonds is 6. The van der Waals surface area contributed by atoms with Crippen LogP contribution in [0.3, 0.4) is 0 Å². The largest absolute Gasteiger partial charge is 0.287 e. The van der Waals surface area contributed by atoms with Crippen molar-refractivity contribution < 1.29 is 4.79 Å². The molecule has 0 saturated heterocycles. The third-order valence-electron chi connectivity index (χ3n) is 3.60. The van der Waals surface area contributed by atoms with E-state index in [0.29, 0.717) is 16.3 Å². The zero-order valence-corrected chi connectivity index (χ0v) is 15.2. The van der Waals surface area contributed by atoms with Crippen molar-refractivity contribution in [3.63, 3.8) is 0 Å². The number of benzene rings is 2. The molecule has 0 N–H and O–H groups in total. The van der Waals surface area contributed by atoms with Crippen LogP contribution in [0.2, 0.25) is 10.0 Å². The fourth-order valence-corrected chi connectivity index (χ4v) is 2.74. The molecule has 0 fully saturated rings. The Morgan fingerprint density at radius 2 is 1.88 bits per heavy atom. The highest BCUT2D eigenvalue weighted by molar-refractivity contribution is 6.35. The summed E-state index contributed by atoms with van der Waals surface area (Å²) in [4.78, 5) is 17.1. The lowest BCUT2D eigenvalue weighted by molar-refractivity contribution is 0.103. The van der Waals surface area contributed by atoms with E-state index in [-0.39, 0.29) is 5.78 Å². The molecule has 0 saturated carbocycles. The van der Waals surface area contributed by atoms with E-state index in [4.69, 9.17) is 23.2 Å². The van der Waals surface area contributed by atoms with Gasteiger partial charge in [-0.2, -0.15) is 0 Å². The molecule has 0 aliphatic carbocycles. The molecule has 2 aromatic rings. The topological polar surface area (TPSA) is 29.4 Å². The number of carbonyl (C=O) groups excluding carboxylic acids is 1. The van der Waals surface area contributed by atoms with Crippen LogP contribution in [0.4, 0.5) is 0 Å². The quantitative estimate of drug-likeness (QED) is 0.344. The molecule has 2 nitrogen and oxygen atoms in total. The van der Waals surface area contributed by atoms with Gasteiger partial charge in [0.1, 0.15) is 5.70 Å². The Hall–Kier alpha value is -1.90. The highest BCUT2D eigenvalue weighted by Gasteiger charge is 2.14. The fourth-order valence-electron chi connectivity index (χ4n) is 2.31. The first kappa shape index (κ1) is 18.4. The van der Waals surface area contributed by atoms with E-state index in [1.165, 1.54) is 0 Å². The molecule has 4 heteroatoms. The minimum absolute atomic E-state index is 0.162. The molecule has 0 atom stereocenters. The fraction of sp³-hybridized carbons (Fsp3) is 0.200. The first-order chi connectivity index (χ1) is 11.5. The normalized spacial score (nSPS) is 12.3. The van der Waals surface area contributed by atoms with Gasteiger partial charge in [-0.1, -0.05) is 53.5 Å². The van der Waals surface area contributed by atoms with Crippen LogP contribution in [0.25, 0.3) is 0 Å². The van der Waals surface area contributed by atoms with Gasteiger partial charge >= 0.3 is 0 Å². The Morgan fingerprint density at radius 1 is 1.12 bits per heavy atom. The summed E-state index contributed by atoms with van der Waals surface area (Å²) in [5.74, 6) is -0.162. The van der Waals surface area contributed by atoms with Gasteiger partial charge in [-0.15, -0.1) is 0 Å². The van der Waals surface area contributed by atoms with Crippen LogP contribution in [0.5, 0.6) is 0 Å². The van der Waals surface area contributed by atoms with Gasteiger partial charge in [0.05, 0.1) is 5.02 Å². The molecule has 0 radical (unpaired) electrons. The maximum atomic E-state index is 12.6. The van der Waals surface area contributed by atoms with E-state index in [0.717, 1.165) is 29.1 Å². The summed E-state index contributed by atoms with van der Waals surface area (Å²) in [5, 5.41) is 1.17. The van der Waals surface area contributed by atoms with Crippen LogP contribution in [0.15, 0.2) is 65.3 Å². The molecule has 0 aliphatic rings. The van der Waals surface area contributed by atoms with E-state index in [2.05, 4.69) is 4.99 Å². The average molecular weight is 360 g/mol. The smallest absolute Gasteiger partial charge is 0.212 e. The number of hydrogen-bond donors (Lipinski definition) is 0. The van der Waals surface area contributed by atoms with Gasteiger partial charge in [-0.3, -0.25) is 9.79 Å². The molecule has 0 spiro atoms. The summed E-state index contributed by atoms with van der Waals surface area (Å²) in [6.45, 7) is 3.73. The standard InChI is InChI=1S/C20H19Cl2NO/c1-3-19(20(24)17-9-4-5-10-18(17)22)23-14(2)11-12-15-7-6-8-16(21)13-15/h3-10,13H,11-12H2,1-2H3/b19-3-,23-14-. The van der Waals surface area contributed by atoms with Crippen LogP contribution >= 0.6 is 23.2 Å². The molecule has 2 rings (SSSR count). The van der Waals surface area contributed by atoms with Crippen molar-refractivity contribution in [2.24, 2.45) is 4.99 Å². The lowest BCUT2D eigenvalue weighted by Crippen LogP contribution is -2.05. The van der Waals surface area contributed by atoms with Crippen LogP contribution in [-0.2, 0) is 6.42 Å². The van der Waals surface area contributed by atoms with E-state index in [1.54, 1.807) is 37.3 Å². The SMILES string of the molecule is C/C=C(\N=C(\C)CCc1cccc(Cl)c1)C(=O)c1ccccc1Cl. The molecular weight excluding hydrogens is 341 g/mol.